The Morgan fingerprint density at radius 2 is 1.75 bits per heavy atom. The number of sulfonamides is 1. The van der Waals surface area contributed by atoms with Crippen molar-refractivity contribution in [1.29, 1.82) is 0 Å². The molecule has 0 spiro atoms. The zero-order valence-electron chi connectivity index (χ0n) is 13.2. The van der Waals surface area contributed by atoms with Gasteiger partial charge in [0.25, 0.3) is 5.91 Å². The molecule has 0 saturated carbocycles. The molecule has 1 saturated heterocycles. The molecule has 1 amide bonds. The fourth-order valence-corrected chi connectivity index (χ4v) is 4.42. The molecule has 8 heteroatoms. The molecule has 2 aromatic rings. The number of rotatable bonds is 3. The summed E-state index contributed by atoms with van der Waals surface area (Å²) in [5.74, 6) is -0.118. The zero-order chi connectivity index (χ0) is 17.3. The van der Waals surface area contributed by atoms with Crippen molar-refractivity contribution in [2.24, 2.45) is 0 Å². The second kappa shape index (κ2) is 6.70. The minimum atomic E-state index is -3.51. The van der Waals surface area contributed by atoms with Crippen molar-refractivity contribution < 1.29 is 13.2 Å². The molecule has 0 radical (unpaired) electrons. The largest absolute Gasteiger partial charge is 0.356 e. The number of nitrogens with one attached hydrogen (secondary N) is 1. The lowest BCUT2D eigenvalue weighted by atomic mass is 10.2. The van der Waals surface area contributed by atoms with Crippen LogP contribution in [0, 0.1) is 6.92 Å². The normalized spacial score (nSPS) is 16.3. The van der Waals surface area contributed by atoms with E-state index in [-0.39, 0.29) is 5.91 Å². The van der Waals surface area contributed by atoms with Gasteiger partial charge in [-0.15, -0.1) is 0 Å². The van der Waals surface area contributed by atoms with Crippen LogP contribution in [0.15, 0.2) is 45.9 Å². The average molecular weight is 412 g/mol. The molecule has 0 aliphatic carbocycles. The van der Waals surface area contributed by atoms with Crippen LogP contribution in [0.3, 0.4) is 0 Å². The molecular weight excluding hydrogens is 394 g/mol. The maximum atomic E-state index is 12.7. The summed E-state index contributed by atoms with van der Waals surface area (Å²) in [6.45, 7) is 3.26. The highest BCUT2D eigenvalue weighted by molar-refractivity contribution is 9.10. The molecule has 0 bridgehead atoms. The van der Waals surface area contributed by atoms with Crippen molar-refractivity contribution in [3.05, 3.63) is 52.3 Å². The van der Waals surface area contributed by atoms with E-state index in [1.54, 1.807) is 41.4 Å². The van der Waals surface area contributed by atoms with Gasteiger partial charge in [0.05, 0.1) is 4.90 Å². The van der Waals surface area contributed by atoms with Gasteiger partial charge >= 0.3 is 0 Å². The van der Waals surface area contributed by atoms with E-state index in [0.717, 1.165) is 10.0 Å². The van der Waals surface area contributed by atoms with Crippen molar-refractivity contribution in [1.82, 2.24) is 14.2 Å². The Hall–Kier alpha value is -1.64. The number of aromatic amines is 1. The van der Waals surface area contributed by atoms with Gasteiger partial charge in [-0.2, -0.15) is 4.31 Å². The minimum Gasteiger partial charge on any atom is -0.356 e. The van der Waals surface area contributed by atoms with Crippen LogP contribution in [0.4, 0.5) is 0 Å². The van der Waals surface area contributed by atoms with Gasteiger partial charge < -0.3 is 9.88 Å². The van der Waals surface area contributed by atoms with Crippen molar-refractivity contribution in [3.8, 4) is 0 Å². The van der Waals surface area contributed by atoms with Gasteiger partial charge in [0.15, 0.2) is 0 Å². The number of nitrogens with zero attached hydrogens (tertiary/aromatic N) is 2. The van der Waals surface area contributed by atoms with Gasteiger partial charge in [-0.1, -0.05) is 17.7 Å². The first-order valence-corrected chi connectivity index (χ1v) is 9.81. The topological polar surface area (TPSA) is 73.5 Å². The highest BCUT2D eigenvalue weighted by Gasteiger charge is 2.30. The quantitative estimate of drug-likeness (QED) is 0.841. The predicted molar refractivity (Wildman–Crippen MR) is 94.3 cm³/mol. The number of H-pyrrole nitrogens is 1. The van der Waals surface area contributed by atoms with E-state index in [1.165, 1.54) is 4.31 Å². The van der Waals surface area contributed by atoms with E-state index in [0.29, 0.717) is 36.8 Å². The van der Waals surface area contributed by atoms with Crippen LogP contribution < -0.4 is 0 Å². The summed E-state index contributed by atoms with van der Waals surface area (Å²) in [6, 6.07) is 8.54. The Kier molecular flexibility index (Phi) is 4.80. The maximum absolute atomic E-state index is 12.7. The number of hydrogen-bond acceptors (Lipinski definition) is 3. The summed E-state index contributed by atoms with van der Waals surface area (Å²) in [5, 5.41) is 0. The average Bonchev–Trinajstić information content (AvgIpc) is 3.01. The second-order valence-electron chi connectivity index (χ2n) is 5.74. The summed E-state index contributed by atoms with van der Waals surface area (Å²) in [4.78, 5) is 17.2. The summed E-state index contributed by atoms with van der Waals surface area (Å²) in [5.41, 5.74) is 1.51. The number of amides is 1. The number of carbonyl (C=O) groups excluding carboxylic acids is 1. The Labute approximate surface area is 149 Å². The zero-order valence-corrected chi connectivity index (χ0v) is 15.6. The Morgan fingerprint density at radius 3 is 2.29 bits per heavy atom. The summed E-state index contributed by atoms with van der Waals surface area (Å²) in [7, 11) is -3.51. The highest BCUT2D eigenvalue weighted by atomic mass is 79.9. The molecule has 128 valence electrons. The van der Waals surface area contributed by atoms with Crippen molar-refractivity contribution in [2.75, 3.05) is 26.2 Å². The third-order valence-electron chi connectivity index (χ3n) is 4.06. The van der Waals surface area contributed by atoms with Crippen LogP contribution in [-0.4, -0.2) is 54.7 Å². The molecule has 1 aromatic carbocycles. The molecule has 1 fully saturated rings. The van der Waals surface area contributed by atoms with E-state index >= 15 is 0 Å². The molecule has 1 aliphatic heterocycles. The van der Waals surface area contributed by atoms with E-state index in [4.69, 9.17) is 0 Å². The standard InChI is InChI=1S/C16H18BrN3O3S/c1-12-2-4-14(5-3-12)24(22,23)20-8-6-19(7-9-20)16(21)15-10-13(17)11-18-15/h2-5,10-11,18H,6-9H2,1H3. The van der Waals surface area contributed by atoms with Crippen LogP contribution in [0.5, 0.6) is 0 Å². The van der Waals surface area contributed by atoms with Crippen molar-refractivity contribution in [2.45, 2.75) is 11.8 Å². The number of aromatic nitrogens is 1. The second-order valence-corrected chi connectivity index (χ2v) is 8.59. The van der Waals surface area contributed by atoms with Crippen LogP contribution in [-0.2, 0) is 10.0 Å². The molecule has 1 N–H and O–H groups in total. The van der Waals surface area contributed by atoms with Gasteiger partial charge in [0.1, 0.15) is 5.69 Å². The van der Waals surface area contributed by atoms with E-state index in [9.17, 15) is 13.2 Å². The minimum absolute atomic E-state index is 0.118. The molecule has 0 atom stereocenters. The first kappa shape index (κ1) is 17.2. The first-order valence-electron chi connectivity index (χ1n) is 7.58. The fourth-order valence-electron chi connectivity index (χ4n) is 2.65. The molecule has 24 heavy (non-hydrogen) atoms. The molecule has 3 rings (SSSR count). The molecule has 0 unspecified atom stereocenters. The molecule has 2 heterocycles. The number of aryl methyl sites for hydroxylation is 1. The van der Waals surface area contributed by atoms with Gasteiger partial charge in [-0.25, -0.2) is 8.42 Å². The van der Waals surface area contributed by atoms with E-state index in [1.807, 2.05) is 6.92 Å². The lowest BCUT2D eigenvalue weighted by Gasteiger charge is -2.33. The Morgan fingerprint density at radius 1 is 1.12 bits per heavy atom. The third kappa shape index (κ3) is 3.40. The van der Waals surface area contributed by atoms with E-state index in [2.05, 4.69) is 20.9 Å². The summed E-state index contributed by atoms with van der Waals surface area (Å²) < 4.78 is 27.6. The van der Waals surface area contributed by atoms with Gasteiger partial charge in [-0.3, -0.25) is 4.79 Å². The van der Waals surface area contributed by atoms with Crippen LogP contribution in [0.25, 0.3) is 0 Å². The number of hydrogen-bond donors (Lipinski definition) is 1. The van der Waals surface area contributed by atoms with Gasteiger partial charge in [0, 0.05) is 36.8 Å². The number of piperazine rings is 1. The van der Waals surface area contributed by atoms with Crippen molar-refractivity contribution >= 4 is 31.9 Å². The van der Waals surface area contributed by atoms with E-state index < -0.39 is 10.0 Å². The van der Waals surface area contributed by atoms with Crippen LogP contribution >= 0.6 is 15.9 Å². The predicted octanol–water partition coefficient (Wildman–Crippen LogP) is 2.23. The Balaban J connectivity index is 1.68. The van der Waals surface area contributed by atoms with Crippen LogP contribution in [0.1, 0.15) is 16.1 Å². The number of benzene rings is 1. The van der Waals surface area contributed by atoms with Gasteiger partial charge in [0.2, 0.25) is 10.0 Å². The summed E-state index contributed by atoms with van der Waals surface area (Å²) in [6.07, 6.45) is 1.70. The number of carbonyl (C=O) groups is 1. The number of halogens is 1. The lowest BCUT2D eigenvalue weighted by molar-refractivity contribution is 0.0692. The van der Waals surface area contributed by atoms with Gasteiger partial charge in [-0.05, 0) is 41.1 Å². The monoisotopic (exact) mass is 411 g/mol. The van der Waals surface area contributed by atoms with Crippen LogP contribution in [0.2, 0.25) is 0 Å². The first-order chi connectivity index (χ1) is 11.4. The maximum Gasteiger partial charge on any atom is 0.270 e. The molecule has 6 nitrogen and oxygen atoms in total. The molecule has 1 aromatic heterocycles. The SMILES string of the molecule is Cc1ccc(S(=O)(=O)N2CCN(C(=O)c3cc(Br)c[nH]3)CC2)cc1. The summed E-state index contributed by atoms with van der Waals surface area (Å²) >= 11 is 3.30. The molecular formula is C16H18BrN3O3S. The van der Waals surface area contributed by atoms with Crippen molar-refractivity contribution in [3.63, 3.8) is 0 Å². The fraction of sp³-hybridized carbons (Fsp3) is 0.312. The molecule has 1 aliphatic rings. The highest BCUT2D eigenvalue weighted by Crippen LogP contribution is 2.19. The third-order valence-corrected chi connectivity index (χ3v) is 6.43. The Bertz CT molecular complexity index is 838. The lowest BCUT2D eigenvalue weighted by Crippen LogP contribution is -2.50. The smallest absolute Gasteiger partial charge is 0.270 e.